The van der Waals surface area contributed by atoms with Crippen LogP contribution < -0.4 is 4.74 Å². The summed E-state index contributed by atoms with van der Waals surface area (Å²) in [6.45, 7) is 19.9. The summed E-state index contributed by atoms with van der Waals surface area (Å²) < 4.78 is 110. The number of nitrogens with zero attached hydrogens (tertiary/aromatic N) is 5. The Bertz CT molecular complexity index is 5410. The summed E-state index contributed by atoms with van der Waals surface area (Å²) in [7, 11) is 0. The Labute approximate surface area is 522 Å². The minimum atomic E-state index is -0.584. The zero-order valence-corrected chi connectivity index (χ0v) is 51.1. The van der Waals surface area contributed by atoms with E-state index >= 15 is 0 Å². The van der Waals surface area contributed by atoms with E-state index in [2.05, 4.69) is 164 Å². The van der Waals surface area contributed by atoms with E-state index in [1.165, 1.54) is 0 Å². The third-order valence-electron chi connectivity index (χ3n) is 16.2. The molecule has 6 nitrogen and oxygen atoms in total. The van der Waals surface area contributed by atoms with E-state index in [1.807, 2.05) is 106 Å². The Balaban J connectivity index is 1.10. The van der Waals surface area contributed by atoms with E-state index in [0.29, 0.717) is 37.7 Å². The van der Waals surface area contributed by atoms with Gasteiger partial charge in [0, 0.05) is 6.20 Å². The second kappa shape index (κ2) is 20.6. The Kier molecular flexibility index (Phi) is 10.6. The molecule has 0 aliphatic rings. The van der Waals surface area contributed by atoms with Crippen LogP contribution in [-0.4, -0.2) is 23.3 Å². The average Bonchev–Trinajstić information content (AvgIpc) is 1.47. The first kappa shape index (κ1) is 43.5. The molecule has 4 aromatic heterocycles. The SMILES string of the molecule is [2H]c1c([2H])c([2H])c(-c2cc(-n3c4ccccc4c4ccccc43)cc(-c3c([2H])c([2H])c([2H])c([2H])c3[2H])c2-n2[c](=[Pt])n(-c3cc(Oc4ccc5c6ccccc6n(-c6cc(C(C)(C)C)ccn6)c5c4)cc(-c4c(C(C)(C)C)cccc4C(C)(C)C)c3)c3ccccc32)c([2H])c1[2H]. The summed E-state index contributed by atoms with van der Waals surface area (Å²) in [5.41, 5.74) is 10.6. The fourth-order valence-electron chi connectivity index (χ4n) is 12.3. The van der Waals surface area contributed by atoms with Crippen molar-refractivity contribution in [1.29, 1.82) is 0 Å². The maximum atomic E-state index is 9.78. The van der Waals surface area contributed by atoms with Gasteiger partial charge in [0.1, 0.15) is 0 Å². The van der Waals surface area contributed by atoms with Gasteiger partial charge in [-0.2, -0.15) is 0 Å². The van der Waals surface area contributed by atoms with Crippen molar-refractivity contribution in [1.82, 2.24) is 23.3 Å². The van der Waals surface area contributed by atoms with Crippen molar-refractivity contribution in [2.24, 2.45) is 0 Å². The second-order valence-corrected chi connectivity index (χ2v) is 25.9. The van der Waals surface area contributed by atoms with E-state index in [0.717, 1.165) is 77.2 Å². The summed E-state index contributed by atoms with van der Waals surface area (Å²) in [4.78, 5) is 4.96. The first-order chi connectivity index (χ1) is 45.1. The molecule has 14 aromatic rings. The van der Waals surface area contributed by atoms with Gasteiger partial charge in [-0.15, -0.1) is 0 Å². The average molecular weight is 1300 g/mol. The van der Waals surface area contributed by atoms with E-state index in [-0.39, 0.29) is 44.2 Å². The summed E-state index contributed by atoms with van der Waals surface area (Å²) in [5, 5.41) is 3.94. The monoisotopic (exact) mass is 1290 g/mol. The number of ether oxygens (including phenoxy) is 1. The molecule has 0 N–H and O–H groups in total. The summed E-state index contributed by atoms with van der Waals surface area (Å²) in [6.07, 6.45) is 1.87. The third-order valence-corrected chi connectivity index (χ3v) is 17.3. The van der Waals surface area contributed by atoms with Crippen LogP contribution >= 0.6 is 0 Å². The van der Waals surface area contributed by atoms with Gasteiger partial charge < -0.3 is 0 Å². The van der Waals surface area contributed by atoms with Gasteiger partial charge in [0.2, 0.25) is 0 Å². The molecule has 14 rings (SSSR count). The van der Waals surface area contributed by atoms with Gasteiger partial charge in [-0.05, 0) is 17.0 Å². The molecule has 0 amide bonds. The molecule has 10 aromatic carbocycles. The molecule has 0 saturated carbocycles. The Morgan fingerprint density at radius 1 is 0.400 bits per heavy atom. The molecule has 420 valence electrons. The van der Waals surface area contributed by atoms with Crippen LogP contribution in [0.5, 0.6) is 11.5 Å². The molecular weight excluding hydrogens is 1220 g/mol. The predicted octanol–water partition coefficient (Wildman–Crippen LogP) is 20.8. The molecule has 4 heterocycles. The maximum absolute atomic E-state index is 9.78. The van der Waals surface area contributed by atoms with Crippen LogP contribution in [0.1, 0.15) is 92.7 Å². The van der Waals surface area contributed by atoms with E-state index < -0.39 is 60.4 Å². The van der Waals surface area contributed by atoms with Crippen molar-refractivity contribution < 1.29 is 37.8 Å². The normalized spacial score (nSPS) is 14.0. The number of imidazole rings is 1. The van der Waals surface area contributed by atoms with Crippen molar-refractivity contribution in [2.75, 3.05) is 0 Å². The quantitative estimate of drug-likeness (QED) is 0.145. The van der Waals surface area contributed by atoms with Crippen molar-refractivity contribution >= 4 is 54.6 Å². The molecule has 0 saturated heterocycles. The van der Waals surface area contributed by atoms with Gasteiger partial charge in [0.15, 0.2) is 0 Å². The molecule has 7 heteroatoms. The molecule has 85 heavy (non-hydrogen) atoms. The van der Waals surface area contributed by atoms with Crippen LogP contribution in [0.4, 0.5) is 0 Å². The number of aromatic nitrogens is 5. The number of hydrogen-bond acceptors (Lipinski definition) is 2. The topological polar surface area (TPSA) is 41.8 Å². The van der Waals surface area contributed by atoms with Crippen molar-refractivity contribution in [2.45, 2.75) is 78.6 Å². The summed E-state index contributed by atoms with van der Waals surface area (Å²) >= 11 is 2.27. The molecule has 0 spiro atoms. The number of benzene rings is 10. The third kappa shape index (κ3) is 9.39. The van der Waals surface area contributed by atoms with Crippen LogP contribution in [0, 0.1) is 3.80 Å². The Hall–Kier alpha value is -9.09. The van der Waals surface area contributed by atoms with Crippen LogP contribution in [0.15, 0.2) is 243 Å². The Morgan fingerprint density at radius 2 is 0.894 bits per heavy atom. The zero-order chi connectivity index (χ0) is 67.2. The van der Waals surface area contributed by atoms with Crippen LogP contribution in [0.3, 0.4) is 0 Å². The van der Waals surface area contributed by atoms with Crippen LogP contribution in [0.25, 0.3) is 111 Å². The van der Waals surface area contributed by atoms with Crippen LogP contribution in [-0.2, 0) is 35.6 Å². The van der Waals surface area contributed by atoms with Crippen LogP contribution in [0.2, 0.25) is 0 Å². The molecule has 0 fully saturated rings. The van der Waals surface area contributed by atoms with Crippen molar-refractivity contribution in [3.63, 3.8) is 0 Å². The second-order valence-electron chi connectivity index (χ2n) is 24.9. The van der Waals surface area contributed by atoms with E-state index in [4.69, 9.17) is 12.5 Å². The van der Waals surface area contributed by atoms with Gasteiger partial charge in [0.05, 0.1) is 0 Å². The Morgan fingerprint density at radius 3 is 1.44 bits per heavy atom. The van der Waals surface area contributed by atoms with E-state index in [9.17, 15) is 11.0 Å². The molecule has 0 unspecified atom stereocenters. The molecular formula is C78H67N5OPt. The molecule has 0 aliphatic carbocycles. The fraction of sp³-hybridized carbons (Fsp3) is 0.154. The van der Waals surface area contributed by atoms with Gasteiger partial charge in [0.25, 0.3) is 0 Å². The number of para-hydroxylation sites is 5. The van der Waals surface area contributed by atoms with Gasteiger partial charge >= 0.3 is 469 Å². The number of pyridine rings is 1. The van der Waals surface area contributed by atoms with E-state index in [1.54, 1.807) is 12.1 Å². The molecule has 0 radical (unpaired) electrons. The number of fused-ring (bicyclic) bond motifs is 7. The predicted molar refractivity (Wildman–Crippen MR) is 351 cm³/mol. The fourth-order valence-corrected chi connectivity index (χ4v) is 13.4. The van der Waals surface area contributed by atoms with Gasteiger partial charge in [-0.1, -0.05) is 32.9 Å². The molecule has 0 aliphatic heterocycles. The van der Waals surface area contributed by atoms with Gasteiger partial charge in [-0.25, -0.2) is 0 Å². The number of rotatable bonds is 9. The first-order valence-electron chi connectivity index (χ1n) is 33.6. The molecule has 0 atom stereocenters. The summed E-state index contributed by atoms with van der Waals surface area (Å²) in [6, 6.07) is 53.2. The standard InChI is InChI=1S/C78H67N5O.Pt/c1-76(2,3)54-41-42-79-73(45-54)83-69-36-21-18-31-61(69)62-40-39-57(49-72(62)83)84-58-44-53(74-65(77(4,5)6)32-24-33-66(74)78(7,8)9)43-55(46-58)80-50-81(71-38-23-22-37-70(71)80)75-63(51-25-12-10-13-26-51)47-56(48-64(75)52-27-14-11-15-28-52)82-67-34-19-16-29-59(67)60-30-17-20-35-68(60)82;/h10-49H,1-9H3;/i10D,11D,12D,13D,14D,15D,25D,26D,27D,28D;. The molecule has 0 bridgehead atoms. The minimum absolute atomic E-state index is 0.133. The zero-order valence-electron chi connectivity index (χ0n) is 58.8. The number of hydrogen-bond donors (Lipinski definition) is 0. The van der Waals surface area contributed by atoms with Gasteiger partial charge in [-0.3, -0.25) is 0 Å². The van der Waals surface area contributed by atoms with Crippen molar-refractivity contribution in [3.8, 4) is 67.8 Å². The first-order valence-corrected chi connectivity index (χ1v) is 29.7. The summed E-state index contributed by atoms with van der Waals surface area (Å²) in [5.74, 6) is 1.88. The van der Waals surface area contributed by atoms with Crippen molar-refractivity contribution in [3.05, 3.63) is 263 Å².